The summed E-state index contributed by atoms with van der Waals surface area (Å²) in [5.74, 6) is 1.05. The van der Waals surface area contributed by atoms with Crippen LogP contribution in [0, 0.1) is 13.8 Å². The zero-order valence-electron chi connectivity index (χ0n) is 18.5. The third-order valence-corrected chi connectivity index (χ3v) is 7.01. The van der Waals surface area contributed by atoms with E-state index >= 15 is 0 Å². The van der Waals surface area contributed by atoms with Crippen LogP contribution in [0.4, 0.5) is 0 Å². The molecule has 0 N–H and O–H groups in total. The van der Waals surface area contributed by atoms with E-state index < -0.39 is 0 Å². The van der Waals surface area contributed by atoms with Crippen LogP contribution in [-0.2, 0) is 6.54 Å². The number of benzene rings is 2. The lowest BCUT2D eigenvalue weighted by molar-refractivity contribution is 0.0993. The van der Waals surface area contributed by atoms with Gasteiger partial charge in [-0.3, -0.25) is 14.3 Å². The van der Waals surface area contributed by atoms with Gasteiger partial charge in [-0.05, 0) is 76.0 Å². The molecule has 0 spiro atoms. The molecule has 0 amide bonds. The average Bonchev–Trinajstić information content (AvgIpc) is 3.18. The second kappa shape index (κ2) is 9.79. The van der Waals surface area contributed by atoms with Gasteiger partial charge in [-0.1, -0.05) is 48.5 Å². The fourth-order valence-electron chi connectivity index (χ4n) is 3.97. The highest BCUT2D eigenvalue weighted by Crippen LogP contribution is 2.28. The molecule has 4 rings (SSSR count). The third kappa shape index (κ3) is 5.08. The Morgan fingerprint density at radius 2 is 1.74 bits per heavy atom. The zero-order chi connectivity index (χ0) is 21.8. The Balaban J connectivity index is 1.59. The molecule has 1 aliphatic heterocycles. The van der Waals surface area contributed by atoms with Crippen LogP contribution in [0.15, 0.2) is 53.7 Å². The quantitative estimate of drug-likeness (QED) is 0.376. The largest absolute Gasteiger partial charge is 0.296 e. The molecule has 2 aromatic carbocycles. The minimum absolute atomic E-state index is 0.119. The summed E-state index contributed by atoms with van der Waals surface area (Å²) >= 11 is 1.48. The van der Waals surface area contributed by atoms with Crippen LogP contribution in [0.1, 0.15) is 53.5 Å². The number of carbonyl (C=O) groups is 1. The van der Waals surface area contributed by atoms with Crippen molar-refractivity contribution >= 4 is 17.5 Å². The number of thioether (sulfide) groups is 1. The Morgan fingerprint density at radius 1 is 1.00 bits per heavy atom. The van der Waals surface area contributed by atoms with Gasteiger partial charge in [0.2, 0.25) is 0 Å². The molecule has 31 heavy (non-hydrogen) atoms. The van der Waals surface area contributed by atoms with Crippen LogP contribution >= 0.6 is 11.8 Å². The van der Waals surface area contributed by atoms with Crippen molar-refractivity contribution in [3.63, 3.8) is 0 Å². The number of aromatic nitrogens is 3. The summed E-state index contributed by atoms with van der Waals surface area (Å²) in [7, 11) is 0. The Labute approximate surface area is 188 Å². The summed E-state index contributed by atoms with van der Waals surface area (Å²) in [5, 5.41) is 9.55. The van der Waals surface area contributed by atoms with Gasteiger partial charge in [0.1, 0.15) is 0 Å². The SMILES string of the molecule is Cc1ccc(C(=O)C(C)Sc2nnc(CN3CCCCC3)n2-c2ccccc2)cc1C. The highest BCUT2D eigenvalue weighted by Gasteiger charge is 2.23. The number of aryl methyl sites for hydroxylation is 2. The van der Waals surface area contributed by atoms with Gasteiger partial charge in [0.05, 0.1) is 11.8 Å². The maximum absolute atomic E-state index is 13.1. The molecule has 162 valence electrons. The molecule has 0 saturated carbocycles. The molecule has 1 saturated heterocycles. The van der Waals surface area contributed by atoms with Crippen LogP contribution < -0.4 is 0 Å². The van der Waals surface area contributed by atoms with Gasteiger partial charge in [0, 0.05) is 11.3 Å². The van der Waals surface area contributed by atoms with Crippen molar-refractivity contribution in [1.82, 2.24) is 19.7 Å². The Kier molecular flexibility index (Phi) is 6.88. The molecule has 1 fully saturated rings. The van der Waals surface area contributed by atoms with Crippen LogP contribution in [0.2, 0.25) is 0 Å². The van der Waals surface area contributed by atoms with Crippen LogP contribution in [-0.4, -0.2) is 43.8 Å². The van der Waals surface area contributed by atoms with E-state index in [1.807, 2.05) is 50.2 Å². The van der Waals surface area contributed by atoms with Crippen molar-refractivity contribution in [2.75, 3.05) is 13.1 Å². The van der Waals surface area contributed by atoms with E-state index in [9.17, 15) is 4.79 Å². The van der Waals surface area contributed by atoms with Crippen molar-refractivity contribution in [1.29, 1.82) is 0 Å². The van der Waals surface area contributed by atoms with E-state index in [1.54, 1.807) is 0 Å². The van der Waals surface area contributed by atoms with Crippen LogP contribution in [0.3, 0.4) is 0 Å². The van der Waals surface area contributed by atoms with Gasteiger partial charge < -0.3 is 0 Å². The first-order valence-corrected chi connectivity index (χ1v) is 11.9. The van der Waals surface area contributed by atoms with Crippen molar-refractivity contribution < 1.29 is 4.79 Å². The van der Waals surface area contributed by atoms with E-state index in [0.717, 1.165) is 47.4 Å². The molecule has 6 heteroatoms. The lowest BCUT2D eigenvalue weighted by Crippen LogP contribution is -2.30. The van der Waals surface area contributed by atoms with E-state index in [1.165, 1.54) is 36.6 Å². The summed E-state index contributed by atoms with van der Waals surface area (Å²) in [6, 6.07) is 16.1. The number of nitrogens with zero attached hydrogens (tertiary/aromatic N) is 4. The number of piperidine rings is 1. The molecule has 0 bridgehead atoms. The van der Waals surface area contributed by atoms with Gasteiger partial charge in [-0.25, -0.2) is 0 Å². The lowest BCUT2D eigenvalue weighted by Gasteiger charge is -2.26. The standard InChI is InChI=1S/C25H30N4OS/c1-18-12-13-21(16-19(18)2)24(30)20(3)31-25-27-26-23(17-28-14-8-5-9-15-28)29(25)22-10-6-4-7-11-22/h4,6-7,10-13,16,20H,5,8-9,14-15,17H2,1-3H3. The first-order chi connectivity index (χ1) is 15.0. The minimum Gasteiger partial charge on any atom is -0.296 e. The molecule has 2 heterocycles. The predicted octanol–water partition coefficient (Wildman–Crippen LogP) is 5.23. The minimum atomic E-state index is -0.253. The fourth-order valence-corrected chi connectivity index (χ4v) is 4.94. The van der Waals surface area contributed by atoms with Crippen molar-refractivity contribution in [2.24, 2.45) is 0 Å². The number of likely N-dealkylation sites (tertiary alicyclic amines) is 1. The van der Waals surface area contributed by atoms with E-state index in [-0.39, 0.29) is 11.0 Å². The Hall–Kier alpha value is -2.44. The molecular weight excluding hydrogens is 404 g/mol. The number of para-hydroxylation sites is 1. The fraction of sp³-hybridized carbons (Fsp3) is 0.400. The zero-order valence-corrected chi connectivity index (χ0v) is 19.4. The van der Waals surface area contributed by atoms with E-state index in [4.69, 9.17) is 0 Å². The first kappa shape index (κ1) is 21.8. The van der Waals surface area contributed by atoms with Gasteiger partial charge in [0.15, 0.2) is 16.8 Å². The average molecular weight is 435 g/mol. The summed E-state index contributed by atoms with van der Waals surface area (Å²) in [5.41, 5.74) is 4.12. The number of ketones is 1. The van der Waals surface area contributed by atoms with Crippen molar-refractivity contribution in [3.8, 4) is 5.69 Å². The number of rotatable bonds is 7. The van der Waals surface area contributed by atoms with Crippen molar-refractivity contribution in [3.05, 3.63) is 71.0 Å². The number of hydrogen-bond donors (Lipinski definition) is 0. The Morgan fingerprint density at radius 3 is 2.45 bits per heavy atom. The molecule has 1 aliphatic rings. The number of hydrogen-bond acceptors (Lipinski definition) is 5. The summed E-state index contributed by atoms with van der Waals surface area (Å²) in [6.07, 6.45) is 3.78. The smallest absolute Gasteiger partial charge is 0.196 e. The molecule has 5 nitrogen and oxygen atoms in total. The van der Waals surface area contributed by atoms with E-state index in [2.05, 4.69) is 38.7 Å². The van der Waals surface area contributed by atoms with Gasteiger partial charge >= 0.3 is 0 Å². The third-order valence-electron chi connectivity index (χ3n) is 5.97. The second-order valence-corrected chi connectivity index (χ2v) is 9.64. The molecule has 3 aromatic rings. The topological polar surface area (TPSA) is 51.0 Å². The highest BCUT2D eigenvalue weighted by molar-refractivity contribution is 8.00. The predicted molar refractivity (Wildman–Crippen MR) is 126 cm³/mol. The normalized spacial score (nSPS) is 15.7. The van der Waals surface area contributed by atoms with Crippen LogP contribution in [0.5, 0.6) is 0 Å². The molecule has 1 unspecified atom stereocenters. The van der Waals surface area contributed by atoms with Gasteiger partial charge in [0.25, 0.3) is 0 Å². The maximum Gasteiger partial charge on any atom is 0.196 e. The summed E-state index contributed by atoms with van der Waals surface area (Å²) in [4.78, 5) is 15.5. The monoisotopic (exact) mass is 434 g/mol. The molecular formula is C25H30N4OS. The molecule has 0 aliphatic carbocycles. The number of Topliss-reactive ketones (excluding diaryl/α,β-unsaturated/α-hetero) is 1. The molecule has 1 atom stereocenters. The summed E-state index contributed by atoms with van der Waals surface area (Å²) in [6.45, 7) is 9.05. The lowest BCUT2D eigenvalue weighted by atomic mass is 10.0. The second-order valence-electron chi connectivity index (χ2n) is 8.33. The molecule has 1 aromatic heterocycles. The van der Waals surface area contributed by atoms with E-state index in [0.29, 0.717) is 0 Å². The number of carbonyl (C=O) groups excluding carboxylic acids is 1. The Bertz CT molecular complexity index is 1040. The van der Waals surface area contributed by atoms with Crippen molar-refractivity contribution in [2.45, 2.75) is 57.0 Å². The van der Waals surface area contributed by atoms with Gasteiger partial charge in [-0.2, -0.15) is 0 Å². The first-order valence-electron chi connectivity index (χ1n) is 11.0. The van der Waals surface area contributed by atoms with Gasteiger partial charge in [-0.15, -0.1) is 10.2 Å². The molecule has 0 radical (unpaired) electrons. The highest BCUT2D eigenvalue weighted by atomic mass is 32.2. The van der Waals surface area contributed by atoms with Crippen LogP contribution in [0.25, 0.3) is 5.69 Å². The maximum atomic E-state index is 13.1. The summed E-state index contributed by atoms with van der Waals surface area (Å²) < 4.78 is 2.11.